The van der Waals surface area contributed by atoms with Gasteiger partial charge in [0.2, 0.25) is 0 Å². The molecule has 18 heavy (non-hydrogen) atoms. The third-order valence-electron chi connectivity index (χ3n) is 2.36. The molecule has 0 spiro atoms. The van der Waals surface area contributed by atoms with Gasteiger partial charge in [0.05, 0.1) is 0 Å². The lowest BCUT2D eigenvalue weighted by atomic mass is 10.1. The number of alkyl halides is 3. The van der Waals surface area contributed by atoms with Crippen LogP contribution in [0.2, 0.25) is 0 Å². The molecule has 1 aromatic rings. The number of rotatable bonds is 4. The highest BCUT2D eigenvalue weighted by Gasteiger charge is 2.44. The fraction of sp³-hybridized carbons (Fsp3) is 0.364. The molecule has 0 aliphatic heterocycles. The zero-order valence-corrected chi connectivity index (χ0v) is 9.38. The van der Waals surface area contributed by atoms with Gasteiger partial charge in [-0.3, -0.25) is 4.79 Å². The Labute approximate surface area is 100 Å². The van der Waals surface area contributed by atoms with E-state index in [-0.39, 0.29) is 11.3 Å². The first-order valence-corrected chi connectivity index (χ1v) is 5.01. The number of halogens is 4. The zero-order valence-electron chi connectivity index (χ0n) is 9.38. The van der Waals surface area contributed by atoms with Gasteiger partial charge in [-0.25, -0.2) is 4.39 Å². The van der Waals surface area contributed by atoms with E-state index in [1.165, 1.54) is 19.1 Å². The fourth-order valence-corrected chi connectivity index (χ4v) is 1.32. The summed E-state index contributed by atoms with van der Waals surface area (Å²) in [7, 11) is 0. The van der Waals surface area contributed by atoms with E-state index < -0.39 is 30.4 Å². The molecular weight excluding hydrogens is 254 g/mol. The van der Waals surface area contributed by atoms with Gasteiger partial charge >= 0.3 is 12.1 Å². The molecule has 0 aliphatic carbocycles. The third-order valence-corrected chi connectivity index (χ3v) is 2.36. The van der Waals surface area contributed by atoms with E-state index >= 15 is 0 Å². The van der Waals surface area contributed by atoms with Gasteiger partial charge in [0.1, 0.15) is 5.82 Å². The van der Waals surface area contributed by atoms with Crippen LogP contribution in [0, 0.1) is 18.7 Å². The molecule has 0 aliphatic rings. The lowest BCUT2D eigenvalue weighted by Gasteiger charge is -2.17. The summed E-state index contributed by atoms with van der Waals surface area (Å²) < 4.78 is 49.9. The maximum Gasteiger partial charge on any atom is 0.403 e. The molecule has 0 saturated heterocycles. The number of aliphatic carboxylic acids is 1. The van der Waals surface area contributed by atoms with Crippen molar-refractivity contribution in [2.45, 2.75) is 13.1 Å². The average molecular weight is 265 g/mol. The van der Waals surface area contributed by atoms with Crippen LogP contribution in [0.3, 0.4) is 0 Å². The maximum absolute atomic E-state index is 12.9. The Morgan fingerprint density at radius 3 is 2.50 bits per heavy atom. The van der Waals surface area contributed by atoms with Gasteiger partial charge in [0.15, 0.2) is 5.92 Å². The van der Waals surface area contributed by atoms with Gasteiger partial charge in [-0.05, 0) is 30.7 Å². The Morgan fingerprint density at radius 2 is 2.06 bits per heavy atom. The number of hydrogen-bond acceptors (Lipinski definition) is 2. The van der Waals surface area contributed by atoms with Crippen LogP contribution in [0.1, 0.15) is 5.56 Å². The Morgan fingerprint density at radius 1 is 1.44 bits per heavy atom. The monoisotopic (exact) mass is 265 g/mol. The molecule has 0 aromatic heterocycles. The van der Waals surface area contributed by atoms with Gasteiger partial charge in [-0.2, -0.15) is 13.2 Å². The molecule has 1 aromatic carbocycles. The first-order valence-electron chi connectivity index (χ1n) is 5.01. The van der Waals surface area contributed by atoms with Crippen molar-refractivity contribution in [2.75, 3.05) is 11.9 Å². The third kappa shape index (κ3) is 3.61. The molecule has 1 rings (SSSR count). The van der Waals surface area contributed by atoms with Crippen LogP contribution in [0.25, 0.3) is 0 Å². The van der Waals surface area contributed by atoms with Crippen molar-refractivity contribution in [3.05, 3.63) is 29.6 Å². The summed E-state index contributed by atoms with van der Waals surface area (Å²) in [5.41, 5.74) is 0.503. The molecule has 0 heterocycles. The Bertz CT molecular complexity index is 445. The number of anilines is 1. The molecule has 100 valence electrons. The fourth-order valence-electron chi connectivity index (χ4n) is 1.32. The van der Waals surface area contributed by atoms with E-state index in [1.54, 1.807) is 0 Å². The molecule has 0 radical (unpaired) electrons. The highest BCUT2D eigenvalue weighted by molar-refractivity contribution is 5.71. The maximum atomic E-state index is 12.9. The van der Waals surface area contributed by atoms with Crippen molar-refractivity contribution >= 4 is 11.7 Å². The average Bonchev–Trinajstić information content (AvgIpc) is 2.21. The number of carbonyl (C=O) groups is 1. The predicted molar refractivity (Wildman–Crippen MR) is 56.8 cm³/mol. The number of carboxylic acid groups (broad SMARTS) is 1. The van der Waals surface area contributed by atoms with Crippen molar-refractivity contribution < 1.29 is 27.5 Å². The van der Waals surface area contributed by atoms with Crippen molar-refractivity contribution in [1.82, 2.24) is 0 Å². The standard InChI is InChI=1S/C11H11F4NO2/c1-6-4-7(2-3-9(6)12)16-5-8(10(17)18)11(13,14)15/h2-4,8,16H,5H2,1H3,(H,17,18). The van der Waals surface area contributed by atoms with Crippen LogP contribution in [-0.4, -0.2) is 23.8 Å². The summed E-state index contributed by atoms with van der Waals surface area (Å²) in [6.45, 7) is 0.656. The number of hydrogen-bond donors (Lipinski definition) is 2. The second-order valence-corrected chi connectivity index (χ2v) is 3.78. The largest absolute Gasteiger partial charge is 0.481 e. The Kier molecular flexibility index (Phi) is 4.15. The first-order chi connectivity index (χ1) is 8.21. The van der Waals surface area contributed by atoms with Gasteiger partial charge < -0.3 is 10.4 Å². The highest BCUT2D eigenvalue weighted by Crippen LogP contribution is 2.27. The number of nitrogens with one attached hydrogen (secondary N) is 1. The Balaban J connectivity index is 2.73. The summed E-state index contributed by atoms with van der Waals surface area (Å²) in [5.74, 6) is -4.93. The minimum Gasteiger partial charge on any atom is -0.481 e. The minimum atomic E-state index is -4.83. The summed E-state index contributed by atoms with van der Waals surface area (Å²) in [6.07, 6.45) is -4.83. The van der Waals surface area contributed by atoms with Crippen LogP contribution >= 0.6 is 0 Å². The molecule has 7 heteroatoms. The molecular formula is C11H11F4NO2. The van der Waals surface area contributed by atoms with E-state index in [9.17, 15) is 22.4 Å². The van der Waals surface area contributed by atoms with E-state index in [1.807, 2.05) is 0 Å². The summed E-state index contributed by atoms with van der Waals surface area (Å²) in [6, 6.07) is 3.66. The topological polar surface area (TPSA) is 49.3 Å². The quantitative estimate of drug-likeness (QED) is 0.823. The van der Waals surface area contributed by atoms with Crippen LogP contribution in [0.5, 0.6) is 0 Å². The van der Waals surface area contributed by atoms with Crippen LogP contribution in [-0.2, 0) is 4.79 Å². The minimum absolute atomic E-state index is 0.240. The van der Waals surface area contributed by atoms with E-state index in [0.717, 1.165) is 6.07 Å². The predicted octanol–water partition coefficient (Wildman–Crippen LogP) is 2.81. The molecule has 1 atom stereocenters. The molecule has 3 nitrogen and oxygen atoms in total. The summed E-state index contributed by atoms with van der Waals surface area (Å²) >= 11 is 0. The molecule has 2 N–H and O–H groups in total. The van der Waals surface area contributed by atoms with Crippen LogP contribution in [0.4, 0.5) is 23.2 Å². The molecule has 1 unspecified atom stereocenters. The lowest BCUT2D eigenvalue weighted by Crippen LogP contribution is -2.36. The normalized spacial score (nSPS) is 13.2. The smallest absolute Gasteiger partial charge is 0.403 e. The van der Waals surface area contributed by atoms with Crippen molar-refractivity contribution in [3.63, 3.8) is 0 Å². The van der Waals surface area contributed by atoms with Gasteiger partial charge in [-0.1, -0.05) is 0 Å². The van der Waals surface area contributed by atoms with Crippen LogP contribution < -0.4 is 5.32 Å². The lowest BCUT2D eigenvalue weighted by molar-refractivity contribution is -0.190. The van der Waals surface area contributed by atoms with E-state index in [0.29, 0.717) is 0 Å². The second kappa shape index (κ2) is 5.24. The first kappa shape index (κ1) is 14.3. The van der Waals surface area contributed by atoms with Crippen molar-refractivity contribution in [1.29, 1.82) is 0 Å². The zero-order chi connectivity index (χ0) is 13.9. The highest BCUT2D eigenvalue weighted by atomic mass is 19.4. The van der Waals surface area contributed by atoms with E-state index in [4.69, 9.17) is 5.11 Å². The van der Waals surface area contributed by atoms with Gasteiger partial charge in [-0.15, -0.1) is 0 Å². The van der Waals surface area contributed by atoms with Crippen molar-refractivity contribution in [3.8, 4) is 0 Å². The number of aryl methyl sites for hydroxylation is 1. The summed E-state index contributed by atoms with van der Waals surface area (Å²) in [5, 5.41) is 10.8. The molecule has 0 bridgehead atoms. The Hall–Kier alpha value is -1.79. The molecule has 0 amide bonds. The molecule has 0 fully saturated rings. The SMILES string of the molecule is Cc1cc(NCC(C(=O)O)C(F)(F)F)ccc1F. The van der Waals surface area contributed by atoms with Gasteiger partial charge in [0.25, 0.3) is 0 Å². The van der Waals surface area contributed by atoms with Crippen LogP contribution in [0.15, 0.2) is 18.2 Å². The number of benzene rings is 1. The summed E-state index contributed by atoms with van der Waals surface area (Å²) in [4.78, 5) is 10.5. The van der Waals surface area contributed by atoms with Gasteiger partial charge in [0, 0.05) is 12.2 Å². The molecule has 0 saturated carbocycles. The van der Waals surface area contributed by atoms with E-state index in [2.05, 4.69) is 5.32 Å². The number of carboxylic acids is 1. The second-order valence-electron chi connectivity index (χ2n) is 3.78. The van der Waals surface area contributed by atoms with Crippen molar-refractivity contribution in [2.24, 2.45) is 5.92 Å².